The molecule has 3 heteroatoms. The molecule has 0 bridgehead atoms. The Bertz CT molecular complexity index is 152. The number of aromatic nitrogens is 2. The van der Waals surface area contributed by atoms with E-state index in [2.05, 4.69) is 9.97 Å². The summed E-state index contributed by atoms with van der Waals surface area (Å²) in [6, 6.07) is 0. The summed E-state index contributed by atoms with van der Waals surface area (Å²) in [5, 5.41) is 0. The van der Waals surface area contributed by atoms with Crippen LogP contribution in [-0.4, -0.2) is 37.9 Å². The number of hydrogen-bond donors (Lipinski definition) is 0. The summed E-state index contributed by atoms with van der Waals surface area (Å²) >= 11 is 1.17. The monoisotopic (exact) mass is 116 g/mol. The van der Waals surface area contributed by atoms with E-state index < -0.39 is 0 Å². The van der Waals surface area contributed by atoms with Crippen molar-refractivity contribution in [3.63, 3.8) is 0 Å². The van der Waals surface area contributed by atoms with Crippen LogP contribution in [0, 0.1) is 0 Å². The quantitative estimate of drug-likeness (QED) is 0.488. The zero-order valence-corrected chi connectivity index (χ0v) is 6.83. The summed E-state index contributed by atoms with van der Waals surface area (Å²) in [6.45, 7) is 0. The van der Waals surface area contributed by atoms with Crippen LogP contribution < -0.4 is 0 Å². The third-order valence-electron chi connectivity index (χ3n) is 0.979. The molecule has 1 aromatic rings. The van der Waals surface area contributed by atoms with Crippen molar-refractivity contribution in [3.8, 4) is 0 Å². The summed E-state index contributed by atoms with van der Waals surface area (Å²) in [5.74, 6) is 0. The van der Waals surface area contributed by atoms with Gasteiger partial charge in [0.1, 0.15) is 0 Å². The topological polar surface area (TPSA) is 25.8 Å². The Kier molecular flexibility index (Phi) is 2.46. The van der Waals surface area contributed by atoms with Gasteiger partial charge in [0.05, 0.1) is 0 Å². The molecule has 1 rings (SSSR count). The van der Waals surface area contributed by atoms with Crippen molar-refractivity contribution in [2.75, 3.05) is 0 Å². The van der Waals surface area contributed by atoms with Gasteiger partial charge < -0.3 is 0 Å². The van der Waals surface area contributed by atoms with Gasteiger partial charge in [0.15, 0.2) is 0 Å². The first-order chi connectivity index (χ1) is 3.93. The van der Waals surface area contributed by atoms with E-state index in [0.717, 1.165) is 9.36 Å². The Balaban J connectivity index is 2.83. The Morgan fingerprint density at radius 1 is 1.50 bits per heavy atom. The molecule has 0 aromatic carbocycles. The normalized spacial score (nSPS) is 9.25. The van der Waals surface area contributed by atoms with E-state index in [-0.39, 0.29) is 0 Å². The van der Waals surface area contributed by atoms with E-state index in [9.17, 15) is 0 Å². The van der Waals surface area contributed by atoms with E-state index in [0.29, 0.717) is 0 Å². The molecule has 0 unspecified atom stereocenters. The fourth-order valence-corrected chi connectivity index (χ4v) is 0.878. The molecule has 0 spiro atoms. The second-order valence-corrected chi connectivity index (χ2v) is 2.26. The molecule has 2 nitrogen and oxygen atoms in total. The summed E-state index contributed by atoms with van der Waals surface area (Å²) in [6.07, 6.45) is 5.24. The molecule has 8 heavy (non-hydrogen) atoms. The molecule has 1 heterocycles. The molecule has 36 valence electrons. The van der Waals surface area contributed by atoms with Crippen molar-refractivity contribution in [1.29, 1.82) is 0 Å². The molecule has 1 aromatic heterocycles. The van der Waals surface area contributed by atoms with Crippen molar-refractivity contribution in [2.45, 2.75) is 3.67 Å². The molecular formula is C5H5N2Na. The number of nitrogens with zero attached hydrogens (tertiary/aromatic N) is 2. The van der Waals surface area contributed by atoms with Crippen molar-refractivity contribution in [1.82, 2.24) is 9.97 Å². The average molecular weight is 116 g/mol. The first-order valence-corrected chi connectivity index (χ1v) is 4.10. The fraction of sp³-hybridized carbons (Fsp3) is 0.200. The first-order valence-electron chi connectivity index (χ1n) is 2.68. The molecule has 0 atom stereocenters. The molecule has 0 fully saturated rings. The van der Waals surface area contributed by atoms with E-state index in [4.69, 9.17) is 0 Å². The fourth-order valence-electron chi connectivity index (χ4n) is 0.513. The van der Waals surface area contributed by atoms with Gasteiger partial charge in [-0.1, -0.05) is 0 Å². The summed E-state index contributed by atoms with van der Waals surface area (Å²) in [4.78, 5) is 7.98. The van der Waals surface area contributed by atoms with Gasteiger partial charge in [-0.2, -0.15) is 0 Å². The Morgan fingerprint density at radius 2 is 2.38 bits per heavy atom. The Hall–Kier alpha value is 0.0800. The van der Waals surface area contributed by atoms with Gasteiger partial charge in [0.2, 0.25) is 0 Å². The number of hydrogen-bond acceptors (Lipinski definition) is 2. The van der Waals surface area contributed by atoms with Crippen LogP contribution in [0.5, 0.6) is 0 Å². The minimum atomic E-state index is 1.10. The van der Waals surface area contributed by atoms with E-state index in [1.54, 1.807) is 12.4 Å². The average Bonchev–Trinajstić information content (AvgIpc) is 1.90. The summed E-state index contributed by atoms with van der Waals surface area (Å²) < 4.78 is 1.10. The second kappa shape index (κ2) is 3.17. The van der Waals surface area contributed by atoms with E-state index in [1.807, 2.05) is 6.20 Å². The standard InChI is InChI=1S/C5H5N2.Na/c1-5-4-6-2-3-7-5;/h2-4H,1H2;. The van der Waals surface area contributed by atoms with Gasteiger partial charge in [0.25, 0.3) is 0 Å². The van der Waals surface area contributed by atoms with E-state index >= 15 is 0 Å². The Labute approximate surface area is 65.8 Å². The molecule has 0 saturated carbocycles. The molecular weight excluding hydrogens is 111 g/mol. The van der Waals surface area contributed by atoms with Gasteiger partial charge in [-0.15, -0.1) is 0 Å². The predicted molar refractivity (Wildman–Crippen MR) is 31.5 cm³/mol. The van der Waals surface area contributed by atoms with Crippen LogP contribution in [0.1, 0.15) is 5.69 Å². The summed E-state index contributed by atoms with van der Waals surface area (Å²) in [7, 11) is 0. The van der Waals surface area contributed by atoms with Crippen molar-refractivity contribution >= 4 is 27.9 Å². The number of rotatable bonds is 1. The van der Waals surface area contributed by atoms with Crippen LogP contribution in [0.2, 0.25) is 0 Å². The van der Waals surface area contributed by atoms with Crippen molar-refractivity contribution < 1.29 is 0 Å². The van der Waals surface area contributed by atoms with Gasteiger partial charge in [0, 0.05) is 0 Å². The molecule has 0 aliphatic rings. The van der Waals surface area contributed by atoms with Gasteiger partial charge >= 0.3 is 65.9 Å². The Morgan fingerprint density at radius 3 is 2.75 bits per heavy atom. The summed E-state index contributed by atoms with van der Waals surface area (Å²) in [5.41, 5.74) is 1.11. The first kappa shape index (κ1) is 6.20. The van der Waals surface area contributed by atoms with Crippen LogP contribution >= 0.6 is 0 Å². The zero-order chi connectivity index (χ0) is 5.82. The molecule has 0 aliphatic heterocycles. The van der Waals surface area contributed by atoms with Crippen molar-refractivity contribution in [2.24, 2.45) is 0 Å². The maximum atomic E-state index is 4.07. The van der Waals surface area contributed by atoms with Crippen molar-refractivity contribution in [3.05, 3.63) is 24.3 Å². The molecule has 0 radical (unpaired) electrons. The van der Waals surface area contributed by atoms with Gasteiger partial charge in [-0.05, 0) is 0 Å². The van der Waals surface area contributed by atoms with Crippen LogP contribution in [0.25, 0.3) is 0 Å². The van der Waals surface area contributed by atoms with Crippen LogP contribution in [0.15, 0.2) is 18.6 Å². The maximum absolute atomic E-state index is 4.07. The van der Waals surface area contributed by atoms with Crippen LogP contribution in [-0.2, 0) is 3.67 Å². The second-order valence-electron chi connectivity index (χ2n) is 1.55. The molecule has 0 saturated heterocycles. The minimum absolute atomic E-state index is 1.10. The predicted octanol–water partition coefficient (Wildman–Crippen LogP) is 0.145. The SMILES string of the molecule is [Na][CH2]c1cnccn1. The molecule has 0 aliphatic carbocycles. The zero-order valence-electron chi connectivity index (χ0n) is 4.83. The van der Waals surface area contributed by atoms with E-state index in [1.165, 1.54) is 27.9 Å². The molecule has 0 N–H and O–H groups in total. The van der Waals surface area contributed by atoms with Crippen LogP contribution in [0.4, 0.5) is 0 Å². The third kappa shape index (κ3) is 1.54. The van der Waals surface area contributed by atoms with Crippen LogP contribution in [0.3, 0.4) is 0 Å². The molecule has 0 amide bonds. The van der Waals surface area contributed by atoms with Gasteiger partial charge in [-0.3, -0.25) is 0 Å². The third-order valence-corrected chi connectivity index (χ3v) is 1.70. The van der Waals surface area contributed by atoms with Gasteiger partial charge in [-0.25, -0.2) is 0 Å².